The molecule has 2 rings (SSSR count). The van der Waals surface area contributed by atoms with Gasteiger partial charge < -0.3 is 5.32 Å². The Kier molecular flexibility index (Phi) is 5.72. The van der Waals surface area contributed by atoms with Gasteiger partial charge in [0.15, 0.2) is 5.82 Å². The molecule has 0 radical (unpaired) electrons. The first-order chi connectivity index (χ1) is 9.33. The first-order valence-corrected chi connectivity index (χ1v) is 7.51. The topological polar surface area (TPSA) is 58.9 Å². The fourth-order valence-electron chi connectivity index (χ4n) is 2.67. The molecule has 0 amide bonds. The molecule has 6 nitrogen and oxygen atoms in total. The highest BCUT2D eigenvalue weighted by Crippen LogP contribution is 2.13. The molecule has 1 atom stereocenters. The van der Waals surface area contributed by atoms with Crippen LogP contribution in [-0.4, -0.2) is 51.3 Å². The highest BCUT2D eigenvalue weighted by Gasteiger charge is 2.18. The molecule has 0 aliphatic carbocycles. The molecule has 1 aliphatic rings. The van der Waals surface area contributed by atoms with Crippen molar-refractivity contribution < 1.29 is 0 Å². The number of hydrogen-bond acceptors (Lipinski definition) is 5. The number of tetrazole rings is 1. The summed E-state index contributed by atoms with van der Waals surface area (Å²) in [6, 6.07) is 0. The Bertz CT molecular complexity index is 358. The number of nitrogens with zero attached hydrogens (tertiary/aromatic N) is 5. The lowest BCUT2D eigenvalue weighted by Crippen LogP contribution is -2.38. The molecule has 1 unspecified atom stereocenters. The molecule has 1 N–H and O–H groups in total. The normalized spacial score (nSPS) is 20.1. The van der Waals surface area contributed by atoms with Crippen LogP contribution in [0.2, 0.25) is 0 Å². The van der Waals surface area contributed by atoms with Gasteiger partial charge in [0, 0.05) is 13.1 Å². The monoisotopic (exact) mass is 266 g/mol. The molecule has 1 aliphatic heterocycles. The molecule has 2 heterocycles. The van der Waals surface area contributed by atoms with Gasteiger partial charge in [0.2, 0.25) is 0 Å². The summed E-state index contributed by atoms with van der Waals surface area (Å²) in [5, 5.41) is 15.5. The zero-order chi connectivity index (χ0) is 13.5. The predicted molar refractivity (Wildman–Crippen MR) is 74.7 cm³/mol. The average molecular weight is 266 g/mol. The van der Waals surface area contributed by atoms with Gasteiger partial charge in [0.05, 0.1) is 6.54 Å². The number of rotatable bonds is 7. The second-order valence-electron chi connectivity index (χ2n) is 5.36. The van der Waals surface area contributed by atoms with Crippen molar-refractivity contribution in [1.82, 2.24) is 30.4 Å². The van der Waals surface area contributed by atoms with Gasteiger partial charge in [-0.25, -0.2) is 4.68 Å². The average Bonchev–Trinajstić information content (AvgIpc) is 2.87. The second-order valence-corrected chi connectivity index (χ2v) is 5.36. The van der Waals surface area contributed by atoms with E-state index in [0.29, 0.717) is 0 Å². The number of aryl methyl sites for hydroxylation is 1. The molecule has 0 bridgehead atoms. The Balaban J connectivity index is 1.88. The van der Waals surface area contributed by atoms with Gasteiger partial charge in [-0.2, -0.15) is 0 Å². The van der Waals surface area contributed by atoms with E-state index in [1.807, 2.05) is 4.68 Å². The fourth-order valence-corrected chi connectivity index (χ4v) is 2.67. The molecule has 0 aromatic carbocycles. The van der Waals surface area contributed by atoms with E-state index in [2.05, 4.69) is 39.6 Å². The molecule has 0 spiro atoms. The van der Waals surface area contributed by atoms with Crippen molar-refractivity contribution in [2.75, 3.05) is 26.2 Å². The van der Waals surface area contributed by atoms with Crippen LogP contribution in [0.25, 0.3) is 0 Å². The van der Waals surface area contributed by atoms with E-state index in [1.165, 1.54) is 19.4 Å². The highest BCUT2D eigenvalue weighted by atomic mass is 15.5. The Morgan fingerprint density at radius 1 is 1.42 bits per heavy atom. The molecular weight excluding hydrogens is 240 g/mol. The van der Waals surface area contributed by atoms with Crippen LogP contribution >= 0.6 is 0 Å². The van der Waals surface area contributed by atoms with E-state index in [4.69, 9.17) is 0 Å². The van der Waals surface area contributed by atoms with Gasteiger partial charge in [0.25, 0.3) is 0 Å². The lowest BCUT2D eigenvalue weighted by molar-refractivity contribution is 0.202. The van der Waals surface area contributed by atoms with E-state index in [9.17, 15) is 0 Å². The molecule has 19 heavy (non-hydrogen) atoms. The smallest absolute Gasteiger partial charge is 0.165 e. The summed E-state index contributed by atoms with van der Waals surface area (Å²) in [6.45, 7) is 10.7. The molecule has 108 valence electrons. The summed E-state index contributed by atoms with van der Waals surface area (Å²) in [4.78, 5) is 2.45. The summed E-state index contributed by atoms with van der Waals surface area (Å²) in [5.74, 6) is 1.76. The van der Waals surface area contributed by atoms with Crippen molar-refractivity contribution >= 4 is 0 Å². The van der Waals surface area contributed by atoms with Crippen LogP contribution in [0.5, 0.6) is 0 Å². The van der Waals surface area contributed by atoms with Crippen molar-refractivity contribution in [2.24, 2.45) is 5.92 Å². The Labute approximate surface area is 115 Å². The molecular formula is C13H26N6. The number of nitrogens with one attached hydrogen (secondary N) is 1. The third-order valence-corrected chi connectivity index (χ3v) is 3.77. The van der Waals surface area contributed by atoms with Crippen LogP contribution < -0.4 is 5.32 Å². The lowest BCUT2D eigenvalue weighted by Gasteiger charge is -2.29. The summed E-state index contributed by atoms with van der Waals surface area (Å²) < 4.78 is 1.93. The summed E-state index contributed by atoms with van der Waals surface area (Å²) in [6.07, 6.45) is 3.70. The summed E-state index contributed by atoms with van der Waals surface area (Å²) in [5.41, 5.74) is 0. The van der Waals surface area contributed by atoms with Crippen LogP contribution in [0.3, 0.4) is 0 Å². The van der Waals surface area contributed by atoms with E-state index in [-0.39, 0.29) is 0 Å². The van der Waals surface area contributed by atoms with Gasteiger partial charge in [-0.1, -0.05) is 13.8 Å². The molecule has 1 saturated heterocycles. The van der Waals surface area contributed by atoms with E-state index < -0.39 is 0 Å². The minimum atomic E-state index is 0.768. The number of hydrogen-bond donors (Lipinski definition) is 1. The van der Waals surface area contributed by atoms with Crippen molar-refractivity contribution in [3.8, 4) is 0 Å². The minimum absolute atomic E-state index is 0.768. The van der Waals surface area contributed by atoms with Crippen LogP contribution in [0, 0.1) is 5.92 Å². The summed E-state index contributed by atoms with van der Waals surface area (Å²) >= 11 is 0. The zero-order valence-electron chi connectivity index (χ0n) is 12.2. The maximum Gasteiger partial charge on any atom is 0.165 e. The maximum absolute atomic E-state index is 4.16. The summed E-state index contributed by atoms with van der Waals surface area (Å²) in [7, 11) is 0. The maximum atomic E-state index is 4.16. The first-order valence-electron chi connectivity index (χ1n) is 7.51. The Hall–Kier alpha value is -1.01. The third-order valence-electron chi connectivity index (χ3n) is 3.77. The van der Waals surface area contributed by atoms with Crippen LogP contribution in [-0.2, 0) is 13.1 Å². The molecule has 6 heteroatoms. The van der Waals surface area contributed by atoms with Crippen molar-refractivity contribution in [3.63, 3.8) is 0 Å². The van der Waals surface area contributed by atoms with Crippen LogP contribution in [0.1, 0.15) is 38.9 Å². The number of piperidine rings is 1. The van der Waals surface area contributed by atoms with Gasteiger partial charge in [-0.3, -0.25) is 4.90 Å². The van der Waals surface area contributed by atoms with E-state index >= 15 is 0 Å². The SMILES string of the molecule is CCCn1nnnc1CN(CC)CC1CCCNC1. The Morgan fingerprint density at radius 3 is 3.00 bits per heavy atom. The van der Waals surface area contributed by atoms with Crippen molar-refractivity contribution in [2.45, 2.75) is 46.2 Å². The zero-order valence-corrected chi connectivity index (χ0v) is 12.2. The van der Waals surface area contributed by atoms with Crippen LogP contribution in [0.4, 0.5) is 0 Å². The molecule has 1 aromatic heterocycles. The molecule has 1 fully saturated rings. The quantitative estimate of drug-likeness (QED) is 0.795. The van der Waals surface area contributed by atoms with Crippen molar-refractivity contribution in [3.05, 3.63) is 5.82 Å². The minimum Gasteiger partial charge on any atom is -0.316 e. The van der Waals surface area contributed by atoms with Crippen LogP contribution in [0.15, 0.2) is 0 Å². The first kappa shape index (κ1) is 14.4. The molecule has 1 aromatic rings. The van der Waals surface area contributed by atoms with Gasteiger partial charge in [-0.15, -0.1) is 5.10 Å². The molecule has 0 saturated carbocycles. The third kappa shape index (κ3) is 4.24. The van der Waals surface area contributed by atoms with Gasteiger partial charge in [-0.05, 0) is 55.2 Å². The number of aromatic nitrogens is 4. The fraction of sp³-hybridized carbons (Fsp3) is 0.923. The van der Waals surface area contributed by atoms with Gasteiger partial charge >= 0.3 is 0 Å². The van der Waals surface area contributed by atoms with Crippen molar-refractivity contribution in [1.29, 1.82) is 0 Å². The van der Waals surface area contributed by atoms with E-state index in [0.717, 1.165) is 50.9 Å². The lowest BCUT2D eigenvalue weighted by atomic mass is 9.99. The Morgan fingerprint density at radius 2 is 2.32 bits per heavy atom. The standard InChI is InChI=1S/C13H26N6/c1-3-8-19-13(15-16-17-19)11-18(4-2)10-12-6-5-7-14-9-12/h12,14H,3-11H2,1-2H3. The largest absolute Gasteiger partial charge is 0.316 e. The second kappa shape index (κ2) is 7.55. The predicted octanol–water partition coefficient (Wildman–Crippen LogP) is 0.905. The van der Waals surface area contributed by atoms with E-state index in [1.54, 1.807) is 0 Å². The highest BCUT2D eigenvalue weighted by molar-refractivity contribution is 4.82. The van der Waals surface area contributed by atoms with Gasteiger partial charge in [0.1, 0.15) is 0 Å².